The topological polar surface area (TPSA) is 64.0 Å². The summed E-state index contributed by atoms with van der Waals surface area (Å²) in [6, 6.07) is 14.8. The van der Waals surface area contributed by atoms with E-state index in [-0.39, 0.29) is 10.7 Å². The van der Waals surface area contributed by atoms with Crippen LogP contribution in [0.25, 0.3) is 0 Å². The summed E-state index contributed by atoms with van der Waals surface area (Å²) in [6.07, 6.45) is 1.76. The molecule has 3 aromatic rings. The molecule has 1 aromatic heterocycles. The highest BCUT2D eigenvalue weighted by Gasteiger charge is 2.18. The highest BCUT2D eigenvalue weighted by atomic mass is 79.9. The molecule has 2 aromatic carbocycles. The van der Waals surface area contributed by atoms with Crippen LogP contribution in [-0.4, -0.2) is 18.2 Å². The molecule has 3 rings (SSSR count). The highest BCUT2D eigenvalue weighted by molar-refractivity contribution is 9.10. The van der Waals surface area contributed by atoms with Crippen molar-refractivity contribution in [2.75, 3.05) is 4.72 Å². The van der Waals surface area contributed by atoms with E-state index in [2.05, 4.69) is 25.8 Å². The summed E-state index contributed by atoms with van der Waals surface area (Å²) in [5, 5.41) is 4.34. The van der Waals surface area contributed by atoms with Gasteiger partial charge in [0.15, 0.2) is 5.82 Å². The van der Waals surface area contributed by atoms with Gasteiger partial charge < -0.3 is 0 Å². The van der Waals surface area contributed by atoms with Crippen LogP contribution in [0.4, 0.5) is 5.82 Å². The number of anilines is 1. The number of benzene rings is 2. The molecule has 7 heteroatoms. The lowest BCUT2D eigenvalue weighted by Crippen LogP contribution is -2.14. The van der Waals surface area contributed by atoms with E-state index in [9.17, 15) is 8.42 Å². The Hall–Kier alpha value is -2.12. The van der Waals surface area contributed by atoms with E-state index in [1.165, 1.54) is 5.56 Å². The maximum atomic E-state index is 12.5. The van der Waals surface area contributed by atoms with Crippen LogP contribution in [-0.2, 0) is 16.6 Å². The largest absolute Gasteiger partial charge is 0.265 e. The van der Waals surface area contributed by atoms with Crippen LogP contribution in [0.5, 0.6) is 0 Å². The molecule has 25 heavy (non-hydrogen) atoms. The van der Waals surface area contributed by atoms with Crippen molar-refractivity contribution in [3.63, 3.8) is 0 Å². The van der Waals surface area contributed by atoms with Crippen LogP contribution in [0.3, 0.4) is 0 Å². The number of halogens is 1. The fraction of sp³-hybridized carbons (Fsp3) is 0.167. The standard InChI is InChI=1S/C18H18BrN3O2S/c1-13-3-7-15(8-4-13)11-22-12-17(19)18(20-22)21-25(23,24)16-9-5-14(2)6-10-16/h3-10,12H,11H2,1-2H3,(H,20,21). The van der Waals surface area contributed by atoms with Crippen molar-refractivity contribution < 1.29 is 8.42 Å². The lowest BCUT2D eigenvalue weighted by Gasteiger charge is -2.06. The zero-order chi connectivity index (χ0) is 18.0. The molecule has 0 aliphatic heterocycles. The average molecular weight is 420 g/mol. The minimum atomic E-state index is -3.67. The number of nitrogens with zero attached hydrogens (tertiary/aromatic N) is 2. The fourth-order valence-corrected chi connectivity index (χ4v) is 3.89. The van der Waals surface area contributed by atoms with Crippen molar-refractivity contribution in [1.29, 1.82) is 0 Å². The van der Waals surface area contributed by atoms with Crippen molar-refractivity contribution >= 4 is 31.8 Å². The maximum Gasteiger partial charge on any atom is 0.263 e. The number of rotatable bonds is 5. The first-order chi connectivity index (χ1) is 11.8. The Morgan fingerprint density at radius 2 is 1.56 bits per heavy atom. The zero-order valence-corrected chi connectivity index (χ0v) is 16.3. The quantitative estimate of drug-likeness (QED) is 0.676. The molecule has 0 fully saturated rings. The van der Waals surface area contributed by atoms with Crippen LogP contribution in [0.15, 0.2) is 64.1 Å². The van der Waals surface area contributed by atoms with Gasteiger partial charge in [-0.05, 0) is 47.5 Å². The van der Waals surface area contributed by atoms with Crippen molar-refractivity contribution in [2.45, 2.75) is 25.3 Å². The third-order valence-corrected chi connectivity index (χ3v) is 5.68. The first kappa shape index (κ1) is 17.7. The average Bonchev–Trinajstić information content (AvgIpc) is 2.89. The summed E-state index contributed by atoms with van der Waals surface area (Å²) in [5.41, 5.74) is 3.29. The lowest BCUT2D eigenvalue weighted by molar-refractivity contribution is 0.600. The minimum Gasteiger partial charge on any atom is -0.265 e. The smallest absolute Gasteiger partial charge is 0.263 e. The van der Waals surface area contributed by atoms with E-state index in [0.717, 1.165) is 11.1 Å². The maximum absolute atomic E-state index is 12.5. The Balaban J connectivity index is 1.80. The number of sulfonamides is 1. The van der Waals surface area contributed by atoms with Crippen LogP contribution in [0.1, 0.15) is 16.7 Å². The molecule has 0 amide bonds. The Morgan fingerprint density at radius 3 is 2.16 bits per heavy atom. The molecular formula is C18H18BrN3O2S. The summed E-state index contributed by atoms with van der Waals surface area (Å²) in [5.74, 6) is 0.271. The van der Waals surface area contributed by atoms with Gasteiger partial charge in [0.05, 0.1) is 15.9 Å². The summed E-state index contributed by atoms with van der Waals surface area (Å²) in [6.45, 7) is 4.50. The second-order valence-corrected chi connectivity index (χ2v) is 8.46. The Morgan fingerprint density at radius 1 is 1.00 bits per heavy atom. The first-order valence-electron chi connectivity index (χ1n) is 7.71. The number of nitrogens with one attached hydrogen (secondary N) is 1. The van der Waals surface area contributed by atoms with Gasteiger partial charge in [0.25, 0.3) is 10.0 Å². The molecule has 1 N–H and O–H groups in total. The van der Waals surface area contributed by atoms with E-state index >= 15 is 0 Å². The summed E-state index contributed by atoms with van der Waals surface area (Å²) in [4.78, 5) is 0.207. The van der Waals surface area contributed by atoms with Gasteiger partial charge >= 0.3 is 0 Å². The Bertz CT molecular complexity index is 978. The van der Waals surface area contributed by atoms with Gasteiger partial charge in [-0.15, -0.1) is 0 Å². The van der Waals surface area contributed by atoms with Crippen molar-refractivity contribution in [2.24, 2.45) is 0 Å². The van der Waals surface area contributed by atoms with Gasteiger partial charge in [0.2, 0.25) is 0 Å². The van der Waals surface area contributed by atoms with E-state index in [0.29, 0.717) is 11.0 Å². The number of aromatic nitrogens is 2. The van der Waals surface area contributed by atoms with Gasteiger partial charge in [0, 0.05) is 6.20 Å². The monoisotopic (exact) mass is 419 g/mol. The Kier molecular flexibility index (Phi) is 4.96. The number of hydrogen-bond donors (Lipinski definition) is 1. The van der Waals surface area contributed by atoms with Gasteiger partial charge in [0.1, 0.15) is 0 Å². The normalized spacial score (nSPS) is 11.5. The second-order valence-electron chi connectivity index (χ2n) is 5.93. The molecule has 0 saturated carbocycles. The molecule has 0 saturated heterocycles. The third-order valence-electron chi connectivity index (χ3n) is 3.74. The van der Waals surface area contributed by atoms with E-state index < -0.39 is 10.0 Å². The molecule has 0 aliphatic carbocycles. The number of aryl methyl sites for hydroxylation is 2. The summed E-state index contributed by atoms with van der Waals surface area (Å²) >= 11 is 3.37. The van der Waals surface area contributed by atoms with Crippen LogP contribution >= 0.6 is 15.9 Å². The SMILES string of the molecule is Cc1ccc(Cn2cc(Br)c(NS(=O)(=O)c3ccc(C)cc3)n2)cc1. The van der Waals surface area contributed by atoms with Crippen LogP contribution in [0.2, 0.25) is 0 Å². The van der Waals surface area contributed by atoms with Crippen molar-refractivity contribution in [3.8, 4) is 0 Å². The van der Waals surface area contributed by atoms with Gasteiger partial charge in [-0.3, -0.25) is 9.40 Å². The first-order valence-corrected chi connectivity index (χ1v) is 9.99. The molecule has 0 spiro atoms. The van der Waals surface area contributed by atoms with E-state index in [1.807, 2.05) is 38.1 Å². The third kappa shape index (κ3) is 4.29. The molecule has 130 valence electrons. The van der Waals surface area contributed by atoms with Gasteiger partial charge in [-0.1, -0.05) is 47.5 Å². The van der Waals surface area contributed by atoms with E-state index in [1.54, 1.807) is 35.1 Å². The predicted molar refractivity (Wildman–Crippen MR) is 102 cm³/mol. The molecule has 0 unspecified atom stereocenters. The lowest BCUT2D eigenvalue weighted by atomic mass is 10.1. The van der Waals surface area contributed by atoms with Crippen molar-refractivity contribution in [3.05, 3.63) is 75.9 Å². The summed E-state index contributed by atoms with van der Waals surface area (Å²) in [7, 11) is -3.67. The second kappa shape index (κ2) is 7.01. The van der Waals surface area contributed by atoms with Crippen LogP contribution in [0, 0.1) is 13.8 Å². The Labute approximate surface area is 155 Å². The van der Waals surface area contributed by atoms with E-state index in [4.69, 9.17) is 0 Å². The van der Waals surface area contributed by atoms with Crippen LogP contribution < -0.4 is 4.72 Å². The fourth-order valence-electron chi connectivity index (χ4n) is 2.33. The predicted octanol–water partition coefficient (Wildman–Crippen LogP) is 4.11. The molecule has 0 bridgehead atoms. The van der Waals surface area contributed by atoms with Crippen molar-refractivity contribution in [1.82, 2.24) is 9.78 Å². The molecule has 0 aliphatic rings. The highest BCUT2D eigenvalue weighted by Crippen LogP contribution is 2.24. The molecule has 1 heterocycles. The zero-order valence-electron chi connectivity index (χ0n) is 13.9. The molecule has 0 radical (unpaired) electrons. The molecular weight excluding hydrogens is 402 g/mol. The van der Waals surface area contributed by atoms with Gasteiger partial charge in [-0.2, -0.15) is 5.10 Å². The summed E-state index contributed by atoms with van der Waals surface area (Å²) < 4.78 is 29.8. The minimum absolute atomic E-state index is 0.207. The molecule has 5 nitrogen and oxygen atoms in total. The molecule has 0 atom stereocenters. The number of hydrogen-bond acceptors (Lipinski definition) is 3. The van der Waals surface area contributed by atoms with Gasteiger partial charge in [-0.25, -0.2) is 8.42 Å².